The van der Waals surface area contributed by atoms with E-state index in [2.05, 4.69) is 36.6 Å². The van der Waals surface area contributed by atoms with Crippen LogP contribution in [0, 0.1) is 12.8 Å². The molecule has 0 radical (unpaired) electrons. The summed E-state index contributed by atoms with van der Waals surface area (Å²) in [5.41, 5.74) is 4.73. The van der Waals surface area contributed by atoms with Gasteiger partial charge in [-0.1, -0.05) is 67.9 Å². The predicted molar refractivity (Wildman–Crippen MR) is 133 cm³/mol. The van der Waals surface area contributed by atoms with Crippen molar-refractivity contribution in [3.8, 4) is 0 Å². The van der Waals surface area contributed by atoms with Crippen LogP contribution in [0.15, 0.2) is 66.7 Å². The molecule has 0 bridgehead atoms. The van der Waals surface area contributed by atoms with Crippen LogP contribution < -0.4 is 10.6 Å². The van der Waals surface area contributed by atoms with Crippen molar-refractivity contribution in [2.75, 3.05) is 10.6 Å². The second-order valence-corrected chi connectivity index (χ2v) is 8.92. The third-order valence-corrected chi connectivity index (χ3v) is 5.73. The summed E-state index contributed by atoms with van der Waals surface area (Å²) >= 11 is 6.30. The number of hydrogen-bond acceptors (Lipinski definition) is 2. The second kappa shape index (κ2) is 10.5. The number of hydrogen-bond donors (Lipinski definition) is 2. The monoisotopic (exact) mass is 448 g/mol. The minimum Gasteiger partial charge on any atom is -0.324 e. The van der Waals surface area contributed by atoms with E-state index >= 15 is 0 Å². The molecule has 32 heavy (non-hydrogen) atoms. The molecule has 0 spiro atoms. The minimum atomic E-state index is -0.358. The summed E-state index contributed by atoms with van der Waals surface area (Å²) in [6.45, 7) is 8.15. The van der Waals surface area contributed by atoms with Gasteiger partial charge < -0.3 is 10.6 Å². The number of benzene rings is 3. The Bertz CT molecular complexity index is 1110. The fraction of sp³-hybridized carbons (Fsp3) is 0.259. The molecule has 0 fully saturated rings. The first kappa shape index (κ1) is 23.6. The van der Waals surface area contributed by atoms with Crippen molar-refractivity contribution in [3.63, 3.8) is 0 Å². The molecular weight excluding hydrogens is 420 g/mol. The van der Waals surface area contributed by atoms with Crippen LogP contribution in [0.4, 0.5) is 11.4 Å². The Hall–Kier alpha value is -3.11. The summed E-state index contributed by atoms with van der Waals surface area (Å²) in [5, 5.41) is 6.15. The van der Waals surface area contributed by atoms with Crippen molar-refractivity contribution < 1.29 is 9.59 Å². The van der Waals surface area contributed by atoms with E-state index in [1.165, 1.54) is 5.56 Å². The molecule has 0 aliphatic carbocycles. The van der Waals surface area contributed by atoms with Crippen molar-refractivity contribution in [1.29, 1.82) is 0 Å². The molecule has 0 aliphatic heterocycles. The third-order valence-electron chi connectivity index (χ3n) is 5.40. The zero-order chi connectivity index (χ0) is 23.3. The van der Waals surface area contributed by atoms with Crippen molar-refractivity contribution in [3.05, 3.63) is 94.0 Å². The van der Waals surface area contributed by atoms with Crippen LogP contribution in [-0.2, 0) is 11.2 Å². The molecule has 0 saturated heterocycles. The third kappa shape index (κ3) is 5.98. The van der Waals surface area contributed by atoms with Gasteiger partial charge in [-0.15, -0.1) is 0 Å². The van der Waals surface area contributed by atoms with Gasteiger partial charge in [-0.2, -0.15) is 0 Å². The molecule has 3 aromatic rings. The van der Waals surface area contributed by atoms with E-state index in [-0.39, 0.29) is 17.7 Å². The largest absolute Gasteiger partial charge is 0.324 e. The normalized spacial score (nSPS) is 11.8. The lowest BCUT2D eigenvalue weighted by molar-refractivity contribution is -0.117. The number of aryl methyl sites for hydroxylation is 1. The number of rotatable bonds is 7. The Kier molecular flexibility index (Phi) is 7.70. The van der Waals surface area contributed by atoms with Gasteiger partial charge in [-0.05, 0) is 67.1 Å². The predicted octanol–water partition coefficient (Wildman–Crippen LogP) is 6.84. The second-order valence-electron chi connectivity index (χ2n) is 8.51. The average molecular weight is 449 g/mol. The molecule has 1 atom stereocenters. The highest BCUT2D eigenvalue weighted by molar-refractivity contribution is 6.34. The van der Waals surface area contributed by atoms with Crippen LogP contribution in [0.25, 0.3) is 0 Å². The van der Waals surface area contributed by atoms with E-state index < -0.39 is 0 Å². The van der Waals surface area contributed by atoms with E-state index in [4.69, 9.17) is 11.6 Å². The molecule has 0 heterocycles. The lowest BCUT2D eigenvalue weighted by Gasteiger charge is -2.15. The number of para-hydroxylation sites is 1. The van der Waals surface area contributed by atoms with Crippen molar-refractivity contribution in [1.82, 2.24) is 0 Å². The molecule has 0 unspecified atom stereocenters. The number of halogens is 1. The highest BCUT2D eigenvalue weighted by atomic mass is 35.5. The average Bonchev–Trinajstić information content (AvgIpc) is 2.76. The number of amides is 2. The van der Waals surface area contributed by atoms with Crippen molar-refractivity contribution in [2.24, 2.45) is 5.92 Å². The quantitative estimate of drug-likeness (QED) is 0.415. The molecule has 5 heteroatoms. The molecule has 3 rings (SSSR count). The summed E-state index contributed by atoms with van der Waals surface area (Å²) in [6.07, 6.45) is 1.01. The van der Waals surface area contributed by atoms with E-state index in [1.807, 2.05) is 50.2 Å². The minimum absolute atomic E-state index is 0.181. The maximum absolute atomic E-state index is 12.9. The maximum atomic E-state index is 12.9. The van der Waals surface area contributed by atoms with E-state index in [9.17, 15) is 9.59 Å². The van der Waals surface area contributed by atoms with Gasteiger partial charge in [0.1, 0.15) is 0 Å². The van der Waals surface area contributed by atoms with Crippen LogP contribution in [0.1, 0.15) is 53.7 Å². The van der Waals surface area contributed by atoms with Gasteiger partial charge in [0, 0.05) is 11.3 Å². The zero-order valence-electron chi connectivity index (χ0n) is 18.9. The van der Waals surface area contributed by atoms with Gasteiger partial charge in [-0.25, -0.2) is 0 Å². The molecule has 166 valence electrons. The van der Waals surface area contributed by atoms with Crippen LogP contribution in [0.2, 0.25) is 5.02 Å². The Morgan fingerprint density at radius 3 is 2.22 bits per heavy atom. The lowest BCUT2D eigenvalue weighted by atomic mass is 9.96. The maximum Gasteiger partial charge on any atom is 0.255 e. The first-order chi connectivity index (χ1) is 15.2. The number of carbonyl (C=O) groups excluding carboxylic acids is 2. The van der Waals surface area contributed by atoms with Crippen LogP contribution in [0.3, 0.4) is 0 Å². The van der Waals surface area contributed by atoms with E-state index in [0.29, 0.717) is 22.2 Å². The topological polar surface area (TPSA) is 58.2 Å². The van der Waals surface area contributed by atoms with E-state index in [1.54, 1.807) is 18.2 Å². The first-order valence-electron chi connectivity index (χ1n) is 10.8. The molecule has 2 N–H and O–H groups in total. The van der Waals surface area contributed by atoms with Crippen molar-refractivity contribution >= 4 is 34.8 Å². The highest BCUT2D eigenvalue weighted by Gasteiger charge is 2.18. The van der Waals surface area contributed by atoms with Gasteiger partial charge in [-0.3, -0.25) is 9.59 Å². The SMILES string of the molecule is Cc1ccccc1NC(=O)c1ccc(Cl)c(NC(=O)[C@H](C)c2ccc(CC(C)C)cc2)c1. The van der Waals surface area contributed by atoms with E-state index in [0.717, 1.165) is 23.2 Å². The van der Waals surface area contributed by atoms with Crippen LogP contribution in [0.5, 0.6) is 0 Å². The van der Waals surface area contributed by atoms with Gasteiger partial charge in [0.05, 0.1) is 16.6 Å². The number of carbonyl (C=O) groups is 2. The summed E-state index contributed by atoms with van der Waals surface area (Å²) < 4.78 is 0. The Morgan fingerprint density at radius 1 is 0.875 bits per heavy atom. The standard InChI is InChI=1S/C27H29ClN2O2/c1-17(2)15-20-9-11-21(12-10-20)19(4)26(31)30-25-16-22(13-14-23(25)28)27(32)29-24-8-6-5-7-18(24)3/h5-14,16-17,19H,15H2,1-4H3,(H,29,32)(H,30,31)/t19-/m1/s1. The summed E-state index contributed by atoms with van der Waals surface area (Å²) in [6, 6.07) is 20.6. The van der Waals surface area contributed by atoms with Crippen LogP contribution in [-0.4, -0.2) is 11.8 Å². The number of anilines is 2. The van der Waals surface area contributed by atoms with Crippen LogP contribution >= 0.6 is 11.6 Å². The van der Waals surface area contributed by atoms with Gasteiger partial charge >= 0.3 is 0 Å². The molecule has 4 nitrogen and oxygen atoms in total. The fourth-order valence-corrected chi connectivity index (χ4v) is 3.64. The summed E-state index contributed by atoms with van der Waals surface area (Å²) in [4.78, 5) is 25.6. The number of nitrogens with one attached hydrogen (secondary N) is 2. The molecule has 2 amide bonds. The summed E-state index contributed by atoms with van der Waals surface area (Å²) in [5.74, 6) is -0.220. The van der Waals surface area contributed by atoms with Gasteiger partial charge in [0.2, 0.25) is 5.91 Å². The lowest BCUT2D eigenvalue weighted by Crippen LogP contribution is -2.20. The summed E-state index contributed by atoms with van der Waals surface area (Å²) in [7, 11) is 0. The Morgan fingerprint density at radius 2 is 1.56 bits per heavy atom. The smallest absolute Gasteiger partial charge is 0.255 e. The Balaban J connectivity index is 1.72. The molecule has 3 aromatic carbocycles. The zero-order valence-corrected chi connectivity index (χ0v) is 19.7. The molecule has 0 saturated carbocycles. The molecule has 0 aliphatic rings. The fourth-order valence-electron chi connectivity index (χ4n) is 3.48. The molecule has 0 aromatic heterocycles. The Labute approximate surface area is 195 Å². The molecular formula is C27H29ClN2O2. The highest BCUT2D eigenvalue weighted by Crippen LogP contribution is 2.26. The van der Waals surface area contributed by atoms with Crippen molar-refractivity contribution in [2.45, 2.75) is 40.0 Å². The van der Waals surface area contributed by atoms with Gasteiger partial charge in [0.15, 0.2) is 0 Å². The first-order valence-corrected chi connectivity index (χ1v) is 11.2. The van der Waals surface area contributed by atoms with Gasteiger partial charge in [0.25, 0.3) is 5.91 Å².